The van der Waals surface area contributed by atoms with E-state index < -0.39 is 6.10 Å². The minimum absolute atomic E-state index is 0.0227. The van der Waals surface area contributed by atoms with Gasteiger partial charge in [-0.1, -0.05) is 20.8 Å². The molecule has 0 amide bonds. The molecule has 0 spiro atoms. The highest BCUT2D eigenvalue weighted by atomic mass is 16.5. The third-order valence-corrected chi connectivity index (χ3v) is 11.2. The van der Waals surface area contributed by atoms with Crippen molar-refractivity contribution in [3.8, 4) is 0 Å². The fraction of sp³-hybridized carbons (Fsp3) is 0.897. The Bertz CT molecular complexity index is 857. The van der Waals surface area contributed by atoms with Gasteiger partial charge in [0.1, 0.15) is 12.2 Å². The Labute approximate surface area is 216 Å². The Kier molecular flexibility index (Phi) is 7.81. The molecule has 0 aromatic carbocycles. The number of aliphatic hydroxyl groups is 1. The van der Waals surface area contributed by atoms with Gasteiger partial charge in [-0.25, -0.2) is 0 Å². The molecule has 7 heteroatoms. The molecule has 1 N–H and O–H groups in total. The molecular weight excluding hydrogens is 460 g/mol. The van der Waals surface area contributed by atoms with Gasteiger partial charge in [0, 0.05) is 26.2 Å². The molecule has 204 valence electrons. The average Bonchev–Trinajstić information content (AvgIpc) is 3.16. The van der Waals surface area contributed by atoms with Crippen LogP contribution < -0.4 is 0 Å². The summed E-state index contributed by atoms with van der Waals surface area (Å²) in [5.41, 5.74) is -0.248. The lowest BCUT2D eigenvalue weighted by molar-refractivity contribution is -0.218. The van der Waals surface area contributed by atoms with Gasteiger partial charge in [0.25, 0.3) is 0 Å². The van der Waals surface area contributed by atoms with Crippen molar-refractivity contribution in [2.45, 2.75) is 111 Å². The number of aliphatic hydroxyl groups excluding tert-OH is 1. The van der Waals surface area contributed by atoms with Crippen molar-refractivity contribution in [1.82, 2.24) is 0 Å². The van der Waals surface area contributed by atoms with E-state index in [1.807, 2.05) is 0 Å². The van der Waals surface area contributed by atoms with E-state index in [0.29, 0.717) is 24.7 Å². The summed E-state index contributed by atoms with van der Waals surface area (Å²) in [5.74, 6) is 0.965. The largest absolute Gasteiger partial charge is 0.469 e. The first kappa shape index (κ1) is 27.4. The van der Waals surface area contributed by atoms with Crippen molar-refractivity contribution in [1.29, 1.82) is 0 Å². The van der Waals surface area contributed by atoms with Crippen LogP contribution in [0.3, 0.4) is 0 Å². The number of carbonyl (C=O) groups excluding carboxylic acids is 3. The predicted octanol–water partition coefficient (Wildman–Crippen LogP) is 4.68. The van der Waals surface area contributed by atoms with Gasteiger partial charge in [0.05, 0.1) is 13.2 Å². The Hall–Kier alpha value is -1.63. The monoisotopic (exact) mass is 506 g/mol. The Morgan fingerprint density at radius 3 is 2.31 bits per heavy atom. The lowest BCUT2D eigenvalue weighted by Crippen LogP contribution is -2.63. The Morgan fingerprint density at radius 2 is 1.67 bits per heavy atom. The molecule has 4 fully saturated rings. The zero-order chi connectivity index (χ0) is 26.4. The molecular formula is C29H46O7. The zero-order valence-electron chi connectivity index (χ0n) is 23.0. The topological polar surface area (TPSA) is 99.1 Å². The molecule has 0 heterocycles. The van der Waals surface area contributed by atoms with Crippen LogP contribution in [0.1, 0.15) is 92.4 Å². The lowest BCUT2D eigenvalue weighted by Gasteiger charge is -2.64. The fourth-order valence-corrected chi connectivity index (χ4v) is 9.42. The third-order valence-electron chi connectivity index (χ3n) is 11.2. The minimum Gasteiger partial charge on any atom is -0.469 e. The molecule has 0 bridgehead atoms. The second-order valence-corrected chi connectivity index (χ2v) is 12.8. The van der Waals surface area contributed by atoms with E-state index >= 15 is 0 Å². The molecule has 4 saturated carbocycles. The van der Waals surface area contributed by atoms with Gasteiger partial charge < -0.3 is 19.3 Å². The van der Waals surface area contributed by atoms with Crippen LogP contribution in [-0.4, -0.2) is 48.4 Å². The van der Waals surface area contributed by atoms with Gasteiger partial charge in [-0.15, -0.1) is 0 Å². The van der Waals surface area contributed by atoms with Crippen molar-refractivity contribution in [2.24, 2.45) is 46.3 Å². The molecule has 0 aliphatic heterocycles. The fourth-order valence-electron chi connectivity index (χ4n) is 9.42. The molecule has 4 rings (SSSR count). The van der Waals surface area contributed by atoms with Crippen LogP contribution >= 0.6 is 0 Å². The van der Waals surface area contributed by atoms with Crippen molar-refractivity contribution in [3.63, 3.8) is 0 Å². The molecule has 0 unspecified atom stereocenters. The number of carbonyl (C=O) groups is 3. The predicted molar refractivity (Wildman–Crippen MR) is 134 cm³/mol. The van der Waals surface area contributed by atoms with Gasteiger partial charge in [0.15, 0.2) is 0 Å². The maximum Gasteiger partial charge on any atom is 0.305 e. The maximum absolute atomic E-state index is 12.2. The van der Waals surface area contributed by atoms with E-state index in [4.69, 9.17) is 14.2 Å². The highest BCUT2D eigenvalue weighted by Crippen LogP contribution is 2.68. The highest BCUT2D eigenvalue weighted by Gasteiger charge is 2.66. The number of esters is 3. The van der Waals surface area contributed by atoms with Crippen LogP contribution in [0.15, 0.2) is 0 Å². The first-order chi connectivity index (χ1) is 16.9. The van der Waals surface area contributed by atoms with Crippen LogP contribution in [0.4, 0.5) is 0 Å². The van der Waals surface area contributed by atoms with Gasteiger partial charge in [-0.2, -0.15) is 0 Å². The normalized spacial score (nSPS) is 44.4. The number of methoxy groups -OCH3 is 1. The second-order valence-electron chi connectivity index (χ2n) is 12.8. The number of fused-ring (bicyclic) bond motifs is 5. The van der Waals surface area contributed by atoms with E-state index in [2.05, 4.69) is 20.8 Å². The van der Waals surface area contributed by atoms with E-state index in [9.17, 15) is 19.5 Å². The standard InChI is InChI=1S/C29H46O7/c1-16(7-10-26(33)34-6)21-8-9-22-27-23(15-25(32)29(21,22)5)28(4)12-11-20(35-17(2)30)13-19(28)14-24(27)36-18(3)31/h16,19-25,27,32H,7-15H2,1-6H3/t16-,19-,20+,21+,22-,23-,24+,25+,27-,28-,29+/m0/s1. The molecule has 0 saturated heterocycles. The summed E-state index contributed by atoms with van der Waals surface area (Å²) in [5, 5.41) is 11.8. The molecule has 0 aromatic heterocycles. The third kappa shape index (κ3) is 4.69. The quantitative estimate of drug-likeness (QED) is 0.412. The zero-order valence-corrected chi connectivity index (χ0v) is 23.0. The smallest absolute Gasteiger partial charge is 0.305 e. The van der Waals surface area contributed by atoms with Gasteiger partial charge in [-0.3, -0.25) is 14.4 Å². The maximum atomic E-state index is 12.2. The molecule has 7 nitrogen and oxygen atoms in total. The van der Waals surface area contributed by atoms with E-state index in [1.54, 1.807) is 0 Å². The number of ether oxygens (including phenoxy) is 3. The molecule has 0 radical (unpaired) electrons. The molecule has 4 aliphatic carbocycles. The van der Waals surface area contributed by atoms with E-state index in [-0.39, 0.29) is 64.6 Å². The second kappa shape index (κ2) is 10.3. The average molecular weight is 507 g/mol. The summed E-state index contributed by atoms with van der Waals surface area (Å²) in [4.78, 5) is 35.7. The van der Waals surface area contributed by atoms with Crippen LogP contribution in [0, 0.1) is 46.3 Å². The minimum atomic E-state index is -0.434. The van der Waals surface area contributed by atoms with Crippen LogP contribution in [0.2, 0.25) is 0 Å². The number of hydrogen-bond donors (Lipinski definition) is 1. The van der Waals surface area contributed by atoms with Gasteiger partial charge in [0.2, 0.25) is 0 Å². The van der Waals surface area contributed by atoms with Crippen LogP contribution in [0.25, 0.3) is 0 Å². The van der Waals surface area contributed by atoms with Crippen LogP contribution in [0.5, 0.6) is 0 Å². The van der Waals surface area contributed by atoms with Gasteiger partial charge in [-0.05, 0) is 91.8 Å². The number of hydrogen-bond acceptors (Lipinski definition) is 7. The highest BCUT2D eigenvalue weighted by molar-refractivity contribution is 5.69. The van der Waals surface area contributed by atoms with E-state index in [1.165, 1.54) is 21.0 Å². The summed E-state index contributed by atoms with van der Waals surface area (Å²) >= 11 is 0. The summed E-state index contributed by atoms with van der Waals surface area (Å²) in [6.07, 6.45) is 6.59. The van der Waals surface area contributed by atoms with Gasteiger partial charge >= 0.3 is 17.9 Å². The van der Waals surface area contributed by atoms with Crippen molar-refractivity contribution < 1.29 is 33.7 Å². The first-order valence-corrected chi connectivity index (χ1v) is 14.0. The molecule has 0 aromatic rings. The van der Waals surface area contributed by atoms with Crippen molar-refractivity contribution in [3.05, 3.63) is 0 Å². The van der Waals surface area contributed by atoms with E-state index in [0.717, 1.165) is 44.9 Å². The summed E-state index contributed by atoms with van der Waals surface area (Å²) in [6.45, 7) is 9.78. The molecule has 36 heavy (non-hydrogen) atoms. The summed E-state index contributed by atoms with van der Waals surface area (Å²) < 4.78 is 16.5. The molecule has 4 aliphatic rings. The molecule has 11 atom stereocenters. The van der Waals surface area contributed by atoms with Crippen LogP contribution in [-0.2, 0) is 28.6 Å². The first-order valence-electron chi connectivity index (χ1n) is 14.0. The SMILES string of the molecule is COC(=O)CC[C@H](C)[C@H]1CC[C@H]2[C@@H]3[C@H](OC(C)=O)C[C@@H]4C[C@H](OC(C)=O)CC[C@]4(C)[C@H]3C[C@@H](O)[C@]12C. The Balaban J connectivity index is 1.62. The summed E-state index contributed by atoms with van der Waals surface area (Å²) in [6, 6.07) is 0. The number of rotatable bonds is 6. The van der Waals surface area contributed by atoms with Crippen molar-refractivity contribution in [2.75, 3.05) is 7.11 Å². The Morgan fingerprint density at radius 1 is 0.972 bits per heavy atom. The lowest BCUT2D eigenvalue weighted by atomic mass is 9.43. The summed E-state index contributed by atoms with van der Waals surface area (Å²) in [7, 11) is 1.43. The van der Waals surface area contributed by atoms with Crippen molar-refractivity contribution >= 4 is 17.9 Å².